The largest absolute Gasteiger partial charge is 0.343 e. The maximum absolute atomic E-state index is 13.4. The molecule has 0 bridgehead atoms. The van der Waals surface area contributed by atoms with E-state index in [0.29, 0.717) is 41.0 Å². The zero-order chi connectivity index (χ0) is 18.4. The lowest BCUT2D eigenvalue weighted by Crippen LogP contribution is -2.36. The number of hydrogen-bond donors (Lipinski definition) is 1. The number of fused-ring (bicyclic) bond motifs is 2. The third-order valence-electron chi connectivity index (χ3n) is 4.93. The van der Waals surface area contributed by atoms with Crippen molar-refractivity contribution in [3.05, 3.63) is 76.8 Å². The number of aromatic nitrogens is 4. The molecular formula is C20H16ClN5O. The summed E-state index contributed by atoms with van der Waals surface area (Å²) in [5.41, 5.74) is 4.15. The smallest absolute Gasteiger partial charge is 0.275 e. The minimum atomic E-state index is -0.101. The first kappa shape index (κ1) is 16.1. The Morgan fingerprint density at radius 3 is 2.81 bits per heavy atom. The molecule has 1 amide bonds. The van der Waals surface area contributed by atoms with Gasteiger partial charge in [0.2, 0.25) is 0 Å². The number of nitrogens with zero attached hydrogens (tertiary/aromatic N) is 4. The van der Waals surface area contributed by atoms with Crippen LogP contribution < -0.4 is 0 Å². The summed E-state index contributed by atoms with van der Waals surface area (Å²) < 4.78 is 1.81. The van der Waals surface area contributed by atoms with Crippen molar-refractivity contribution < 1.29 is 4.79 Å². The van der Waals surface area contributed by atoms with Crippen LogP contribution in [0.3, 0.4) is 0 Å². The number of H-pyrrole nitrogens is 1. The highest BCUT2D eigenvalue weighted by atomic mass is 35.5. The van der Waals surface area contributed by atoms with Crippen molar-refractivity contribution in [3.63, 3.8) is 0 Å². The van der Waals surface area contributed by atoms with E-state index in [0.717, 1.165) is 6.42 Å². The third kappa shape index (κ3) is 2.69. The molecule has 4 aromatic rings. The van der Waals surface area contributed by atoms with Crippen molar-refractivity contribution in [2.24, 2.45) is 0 Å². The van der Waals surface area contributed by atoms with Gasteiger partial charge in [-0.2, -0.15) is 0 Å². The second-order valence-electron chi connectivity index (χ2n) is 6.57. The molecular weight excluding hydrogens is 362 g/mol. The van der Waals surface area contributed by atoms with Gasteiger partial charge < -0.3 is 9.88 Å². The van der Waals surface area contributed by atoms with Crippen molar-refractivity contribution in [1.82, 2.24) is 24.3 Å². The highest BCUT2D eigenvalue weighted by molar-refractivity contribution is 6.30. The van der Waals surface area contributed by atoms with E-state index in [4.69, 9.17) is 11.6 Å². The molecule has 3 aromatic heterocycles. The quantitative estimate of drug-likeness (QED) is 0.580. The van der Waals surface area contributed by atoms with E-state index in [2.05, 4.69) is 27.1 Å². The average Bonchev–Trinajstić information content (AvgIpc) is 3.34. The number of imidazole rings is 2. The molecule has 134 valence electrons. The summed E-state index contributed by atoms with van der Waals surface area (Å²) in [6.07, 6.45) is 5.98. The minimum Gasteiger partial charge on any atom is -0.343 e. The summed E-state index contributed by atoms with van der Waals surface area (Å²) in [5, 5.41) is 0.568. The molecule has 1 N–H and O–H groups in total. The molecule has 1 aliphatic rings. The molecule has 27 heavy (non-hydrogen) atoms. The molecule has 0 saturated carbocycles. The van der Waals surface area contributed by atoms with Gasteiger partial charge in [0.1, 0.15) is 11.3 Å². The Hall–Kier alpha value is -3.12. The maximum Gasteiger partial charge on any atom is 0.275 e. The summed E-state index contributed by atoms with van der Waals surface area (Å²) in [6, 6.07) is 11.8. The van der Waals surface area contributed by atoms with E-state index in [1.165, 1.54) is 11.1 Å². The number of carbonyl (C=O) groups excluding carboxylic acids is 1. The van der Waals surface area contributed by atoms with Crippen LogP contribution in [0.25, 0.3) is 17.2 Å². The molecule has 0 aliphatic carbocycles. The van der Waals surface area contributed by atoms with E-state index in [9.17, 15) is 4.79 Å². The number of halogens is 1. The molecule has 6 nitrogen and oxygen atoms in total. The fourth-order valence-corrected chi connectivity index (χ4v) is 3.77. The second-order valence-corrected chi connectivity index (χ2v) is 7.00. The van der Waals surface area contributed by atoms with Crippen LogP contribution in [0.1, 0.15) is 21.6 Å². The number of aromatic amines is 1. The Kier molecular flexibility index (Phi) is 3.72. The molecule has 7 heteroatoms. The fourth-order valence-electron chi connectivity index (χ4n) is 3.61. The minimum absolute atomic E-state index is 0.101. The van der Waals surface area contributed by atoms with Crippen LogP contribution in [0.2, 0.25) is 5.02 Å². The third-order valence-corrected chi connectivity index (χ3v) is 5.15. The highest BCUT2D eigenvalue weighted by Crippen LogP contribution is 2.27. The lowest BCUT2D eigenvalue weighted by molar-refractivity contribution is 0.0730. The summed E-state index contributed by atoms with van der Waals surface area (Å²) >= 11 is 6.17. The van der Waals surface area contributed by atoms with E-state index < -0.39 is 0 Å². The Balaban J connectivity index is 1.61. The molecule has 4 heterocycles. The predicted molar refractivity (Wildman–Crippen MR) is 103 cm³/mol. The van der Waals surface area contributed by atoms with Crippen molar-refractivity contribution in [1.29, 1.82) is 0 Å². The molecule has 0 radical (unpaired) electrons. The molecule has 1 aliphatic heterocycles. The fraction of sp³-hybridized carbons (Fsp3) is 0.150. The van der Waals surface area contributed by atoms with Gasteiger partial charge in [0.25, 0.3) is 5.91 Å². The van der Waals surface area contributed by atoms with Gasteiger partial charge >= 0.3 is 0 Å². The molecule has 5 rings (SSSR count). The zero-order valence-corrected chi connectivity index (χ0v) is 15.1. The van der Waals surface area contributed by atoms with Crippen molar-refractivity contribution >= 4 is 23.2 Å². The van der Waals surface area contributed by atoms with Crippen LogP contribution in [0.5, 0.6) is 0 Å². The summed E-state index contributed by atoms with van der Waals surface area (Å²) in [5.74, 6) is 0.487. The number of pyridine rings is 1. The van der Waals surface area contributed by atoms with Gasteiger partial charge in [-0.1, -0.05) is 35.9 Å². The molecule has 0 atom stereocenters. The number of rotatable bonds is 2. The van der Waals surface area contributed by atoms with E-state index in [1.807, 2.05) is 21.4 Å². The first-order valence-electron chi connectivity index (χ1n) is 8.74. The van der Waals surface area contributed by atoms with E-state index in [-0.39, 0.29) is 5.91 Å². The van der Waals surface area contributed by atoms with E-state index in [1.54, 1.807) is 30.7 Å². The van der Waals surface area contributed by atoms with Crippen LogP contribution in [0.4, 0.5) is 0 Å². The van der Waals surface area contributed by atoms with Gasteiger partial charge in [0.15, 0.2) is 11.5 Å². The normalized spacial score (nSPS) is 13.7. The van der Waals surface area contributed by atoms with Gasteiger partial charge in [-0.05, 0) is 29.7 Å². The predicted octanol–water partition coefficient (Wildman–Crippen LogP) is 3.58. The lowest BCUT2D eigenvalue weighted by atomic mass is 9.99. The second kappa shape index (κ2) is 6.25. The Morgan fingerprint density at radius 2 is 2.00 bits per heavy atom. The van der Waals surface area contributed by atoms with Crippen molar-refractivity contribution in [2.45, 2.75) is 13.0 Å². The van der Waals surface area contributed by atoms with Gasteiger partial charge in [-0.15, -0.1) is 0 Å². The molecule has 0 spiro atoms. The van der Waals surface area contributed by atoms with Crippen molar-refractivity contribution in [3.8, 4) is 11.5 Å². The van der Waals surface area contributed by atoms with Crippen LogP contribution in [0.15, 0.2) is 55.0 Å². The summed E-state index contributed by atoms with van der Waals surface area (Å²) in [7, 11) is 0. The standard InChI is InChI=1S/C20H16ClN5O/c21-15-5-6-16-24-17(18(26(16)12-15)19-22-8-9-23-19)20(27)25-10-7-13-3-1-2-4-14(13)11-25/h1-6,8-9,12H,7,10-11H2,(H,22,23). The Bertz CT molecular complexity index is 1150. The van der Waals surface area contributed by atoms with Gasteiger partial charge in [0.05, 0.1) is 5.02 Å². The zero-order valence-electron chi connectivity index (χ0n) is 14.4. The van der Waals surface area contributed by atoms with Crippen molar-refractivity contribution in [2.75, 3.05) is 6.54 Å². The summed E-state index contributed by atoms with van der Waals surface area (Å²) in [4.78, 5) is 27.2. The topological polar surface area (TPSA) is 66.3 Å². The van der Waals surface area contributed by atoms with Crippen LogP contribution in [-0.2, 0) is 13.0 Å². The number of amides is 1. The number of hydrogen-bond acceptors (Lipinski definition) is 3. The Labute approximate surface area is 160 Å². The first-order valence-corrected chi connectivity index (χ1v) is 9.12. The number of carbonyl (C=O) groups is 1. The van der Waals surface area contributed by atoms with Gasteiger partial charge in [-0.3, -0.25) is 9.20 Å². The average molecular weight is 378 g/mol. The monoisotopic (exact) mass is 377 g/mol. The first-order chi connectivity index (χ1) is 13.2. The van der Waals surface area contributed by atoms with Crippen LogP contribution >= 0.6 is 11.6 Å². The molecule has 0 fully saturated rings. The van der Waals surface area contributed by atoms with Gasteiger partial charge in [-0.25, -0.2) is 9.97 Å². The lowest BCUT2D eigenvalue weighted by Gasteiger charge is -2.28. The van der Waals surface area contributed by atoms with E-state index >= 15 is 0 Å². The number of benzene rings is 1. The van der Waals surface area contributed by atoms with Gasteiger partial charge in [0, 0.05) is 31.7 Å². The maximum atomic E-state index is 13.4. The SMILES string of the molecule is O=C(c1nc2ccc(Cl)cn2c1-c1ncc[nH]1)N1CCc2ccccc2C1. The number of nitrogens with one attached hydrogen (secondary N) is 1. The summed E-state index contributed by atoms with van der Waals surface area (Å²) in [6.45, 7) is 1.25. The molecule has 1 aromatic carbocycles. The Morgan fingerprint density at radius 1 is 1.15 bits per heavy atom. The van der Waals surface area contributed by atoms with Crippen LogP contribution in [0, 0.1) is 0 Å². The molecule has 0 unspecified atom stereocenters. The van der Waals surface area contributed by atoms with Crippen LogP contribution in [-0.4, -0.2) is 36.7 Å². The molecule has 0 saturated heterocycles. The highest BCUT2D eigenvalue weighted by Gasteiger charge is 2.28.